The molecule has 0 unspecified atom stereocenters. The zero-order valence-electron chi connectivity index (χ0n) is 15.1. The number of aromatic nitrogens is 3. The van der Waals surface area contributed by atoms with Gasteiger partial charge in [-0.25, -0.2) is 9.97 Å². The van der Waals surface area contributed by atoms with Crippen molar-refractivity contribution in [3.63, 3.8) is 0 Å². The molecule has 1 aliphatic heterocycles. The van der Waals surface area contributed by atoms with E-state index in [4.69, 9.17) is 0 Å². The number of hydrogen-bond acceptors (Lipinski definition) is 6. The maximum absolute atomic E-state index is 9.45. The van der Waals surface area contributed by atoms with E-state index in [0.29, 0.717) is 5.56 Å². The van der Waals surface area contributed by atoms with Crippen molar-refractivity contribution in [2.45, 2.75) is 32.7 Å². The van der Waals surface area contributed by atoms with Crippen LogP contribution >= 0.6 is 0 Å². The van der Waals surface area contributed by atoms with E-state index in [1.165, 1.54) is 0 Å². The van der Waals surface area contributed by atoms with E-state index >= 15 is 0 Å². The largest absolute Gasteiger partial charge is 0.338 e. The van der Waals surface area contributed by atoms with Gasteiger partial charge in [-0.15, -0.1) is 0 Å². The quantitative estimate of drug-likeness (QED) is 0.857. The fraction of sp³-hybridized carbons (Fsp3) is 0.474. The molecule has 0 saturated carbocycles. The molecular weight excluding hydrogens is 312 g/mol. The number of rotatable bonds is 3. The summed E-state index contributed by atoms with van der Waals surface area (Å²) in [7, 11) is 0. The summed E-state index contributed by atoms with van der Waals surface area (Å²) in [5.74, 6) is 0.796. The molecule has 0 N–H and O–H groups in total. The zero-order valence-corrected chi connectivity index (χ0v) is 15.1. The van der Waals surface area contributed by atoms with Crippen LogP contribution in [-0.4, -0.2) is 46.0 Å². The van der Waals surface area contributed by atoms with Crippen molar-refractivity contribution in [1.82, 2.24) is 19.9 Å². The highest BCUT2D eigenvalue weighted by atomic mass is 15.3. The molecule has 3 rings (SSSR count). The average molecular weight is 336 g/mol. The number of pyridine rings is 1. The van der Waals surface area contributed by atoms with Gasteiger partial charge in [0.2, 0.25) is 5.95 Å². The van der Waals surface area contributed by atoms with Crippen molar-refractivity contribution in [3.8, 4) is 6.07 Å². The van der Waals surface area contributed by atoms with Gasteiger partial charge in [0.15, 0.2) is 0 Å². The van der Waals surface area contributed by atoms with E-state index in [9.17, 15) is 5.26 Å². The summed E-state index contributed by atoms with van der Waals surface area (Å²) in [5, 5.41) is 9.45. The van der Waals surface area contributed by atoms with Crippen molar-refractivity contribution in [1.29, 1.82) is 5.26 Å². The van der Waals surface area contributed by atoms with Crippen LogP contribution in [0.4, 0.5) is 5.95 Å². The Hall–Kier alpha value is -2.52. The molecule has 3 heterocycles. The standard InChI is InChI=1S/C19H24N6/c1-19(2,3)17-16(12-20)11-15(13-23-17)14-24-7-9-25(10-8-24)18-21-5-4-6-22-18/h4-6,11,13H,7-10,14H2,1-3H3. The molecule has 0 atom stereocenters. The van der Waals surface area contributed by atoms with E-state index in [0.717, 1.165) is 49.9 Å². The van der Waals surface area contributed by atoms with Crippen LogP contribution < -0.4 is 4.90 Å². The Morgan fingerprint density at radius 2 is 1.76 bits per heavy atom. The number of piperazine rings is 1. The first-order chi connectivity index (χ1) is 12.0. The molecule has 0 aromatic carbocycles. The highest BCUT2D eigenvalue weighted by molar-refractivity contribution is 5.39. The van der Waals surface area contributed by atoms with Gasteiger partial charge in [0.05, 0.1) is 11.3 Å². The van der Waals surface area contributed by atoms with Crippen molar-refractivity contribution in [2.24, 2.45) is 0 Å². The molecule has 1 aliphatic rings. The Kier molecular flexibility index (Phi) is 4.95. The van der Waals surface area contributed by atoms with Gasteiger partial charge < -0.3 is 4.90 Å². The van der Waals surface area contributed by atoms with E-state index < -0.39 is 0 Å². The molecule has 0 aliphatic carbocycles. The third-order valence-electron chi connectivity index (χ3n) is 4.39. The van der Waals surface area contributed by atoms with E-state index in [1.54, 1.807) is 12.4 Å². The summed E-state index contributed by atoms with van der Waals surface area (Å²) in [4.78, 5) is 17.8. The first kappa shape index (κ1) is 17.3. The third-order valence-corrected chi connectivity index (χ3v) is 4.39. The normalized spacial score (nSPS) is 15.8. The SMILES string of the molecule is CC(C)(C)c1ncc(CN2CCN(c3ncccn3)CC2)cc1C#N. The maximum atomic E-state index is 9.45. The van der Waals surface area contributed by atoms with Crippen LogP contribution in [0.1, 0.15) is 37.6 Å². The molecule has 1 saturated heterocycles. The van der Waals surface area contributed by atoms with Crippen LogP contribution in [0.3, 0.4) is 0 Å². The summed E-state index contributed by atoms with van der Waals surface area (Å²) in [6.07, 6.45) is 5.47. The van der Waals surface area contributed by atoms with Gasteiger partial charge >= 0.3 is 0 Å². The maximum Gasteiger partial charge on any atom is 0.225 e. The van der Waals surface area contributed by atoms with Crippen molar-refractivity contribution < 1.29 is 0 Å². The van der Waals surface area contributed by atoms with E-state index in [-0.39, 0.29) is 5.41 Å². The van der Waals surface area contributed by atoms with Gasteiger partial charge in [-0.3, -0.25) is 9.88 Å². The fourth-order valence-electron chi connectivity index (χ4n) is 3.10. The average Bonchev–Trinajstić information content (AvgIpc) is 2.62. The Morgan fingerprint density at radius 3 is 2.36 bits per heavy atom. The Balaban J connectivity index is 1.64. The third kappa shape index (κ3) is 4.12. The number of hydrogen-bond donors (Lipinski definition) is 0. The van der Waals surface area contributed by atoms with Gasteiger partial charge in [-0.2, -0.15) is 5.26 Å². The monoisotopic (exact) mass is 336 g/mol. The van der Waals surface area contributed by atoms with Crippen LogP contribution in [0, 0.1) is 11.3 Å². The zero-order chi connectivity index (χ0) is 17.9. The molecule has 25 heavy (non-hydrogen) atoms. The molecular formula is C19H24N6. The number of nitrogens with zero attached hydrogens (tertiary/aromatic N) is 6. The van der Waals surface area contributed by atoms with Crippen LogP contribution in [0.5, 0.6) is 0 Å². The first-order valence-corrected chi connectivity index (χ1v) is 8.61. The summed E-state index contributed by atoms with van der Waals surface area (Å²) >= 11 is 0. The number of nitriles is 1. The van der Waals surface area contributed by atoms with Crippen molar-refractivity contribution in [2.75, 3.05) is 31.1 Å². The lowest BCUT2D eigenvalue weighted by Crippen LogP contribution is -2.46. The fourth-order valence-corrected chi connectivity index (χ4v) is 3.10. The summed E-state index contributed by atoms with van der Waals surface area (Å²) in [5.41, 5.74) is 2.52. The molecule has 130 valence electrons. The Morgan fingerprint density at radius 1 is 1.08 bits per heavy atom. The van der Waals surface area contributed by atoms with Crippen LogP contribution in [0.2, 0.25) is 0 Å². The summed E-state index contributed by atoms with van der Waals surface area (Å²) in [6.45, 7) is 10.8. The summed E-state index contributed by atoms with van der Waals surface area (Å²) < 4.78 is 0. The minimum atomic E-state index is -0.120. The molecule has 1 fully saturated rings. The minimum absolute atomic E-state index is 0.120. The highest BCUT2D eigenvalue weighted by Gasteiger charge is 2.22. The van der Waals surface area contributed by atoms with E-state index in [2.05, 4.69) is 51.6 Å². The Labute approximate surface area is 149 Å². The van der Waals surface area contributed by atoms with Crippen LogP contribution in [0.15, 0.2) is 30.7 Å². The molecule has 0 bridgehead atoms. The molecule has 0 spiro atoms. The van der Waals surface area contributed by atoms with Gasteiger partial charge in [-0.1, -0.05) is 20.8 Å². The second kappa shape index (κ2) is 7.16. The van der Waals surface area contributed by atoms with Gasteiger partial charge in [0.1, 0.15) is 6.07 Å². The van der Waals surface area contributed by atoms with Gasteiger partial charge in [-0.05, 0) is 17.7 Å². The van der Waals surface area contributed by atoms with Crippen molar-refractivity contribution in [3.05, 3.63) is 47.5 Å². The van der Waals surface area contributed by atoms with E-state index in [1.807, 2.05) is 18.3 Å². The molecule has 6 heteroatoms. The second-order valence-electron chi connectivity index (χ2n) is 7.41. The lowest BCUT2D eigenvalue weighted by Gasteiger charge is -2.34. The molecule has 0 radical (unpaired) electrons. The van der Waals surface area contributed by atoms with Crippen LogP contribution in [0.25, 0.3) is 0 Å². The second-order valence-corrected chi connectivity index (χ2v) is 7.41. The number of anilines is 1. The summed E-state index contributed by atoms with van der Waals surface area (Å²) in [6, 6.07) is 6.12. The minimum Gasteiger partial charge on any atom is -0.338 e. The van der Waals surface area contributed by atoms with Crippen LogP contribution in [-0.2, 0) is 12.0 Å². The highest BCUT2D eigenvalue weighted by Crippen LogP contribution is 2.24. The molecule has 0 amide bonds. The lowest BCUT2D eigenvalue weighted by molar-refractivity contribution is 0.248. The van der Waals surface area contributed by atoms with Gasteiger partial charge in [0.25, 0.3) is 0 Å². The smallest absolute Gasteiger partial charge is 0.225 e. The molecule has 2 aromatic heterocycles. The van der Waals surface area contributed by atoms with Crippen molar-refractivity contribution >= 4 is 5.95 Å². The Bertz CT molecular complexity index is 752. The predicted molar refractivity (Wildman–Crippen MR) is 97.2 cm³/mol. The predicted octanol–water partition coefficient (Wildman–Crippen LogP) is 2.36. The molecule has 2 aromatic rings. The van der Waals surface area contributed by atoms with Gasteiger partial charge in [0, 0.05) is 56.7 Å². The molecule has 6 nitrogen and oxygen atoms in total. The first-order valence-electron chi connectivity index (χ1n) is 8.61. The topological polar surface area (TPSA) is 68.9 Å². The lowest BCUT2D eigenvalue weighted by atomic mass is 9.88.